The molecule has 0 heterocycles. The molecule has 156 valence electrons. The summed E-state index contributed by atoms with van der Waals surface area (Å²) in [4.78, 5) is 12.6. The van der Waals surface area contributed by atoms with Gasteiger partial charge in [0, 0.05) is 5.69 Å². The SMILES string of the molecule is COc1cc(/C=C(/C#N)C(=O)Nc2cccc(C)c2)cc(I)c1OCc1ccccc1. The van der Waals surface area contributed by atoms with Gasteiger partial charge in [-0.15, -0.1) is 0 Å². The summed E-state index contributed by atoms with van der Waals surface area (Å²) in [5.74, 6) is 0.684. The molecule has 1 N–H and O–H groups in total. The molecule has 0 unspecified atom stereocenters. The number of carbonyl (C=O) groups is 1. The molecule has 0 aliphatic carbocycles. The van der Waals surface area contributed by atoms with Crippen molar-refractivity contribution in [1.29, 1.82) is 5.26 Å². The molecule has 0 aliphatic heterocycles. The molecule has 5 nitrogen and oxygen atoms in total. The lowest BCUT2D eigenvalue weighted by molar-refractivity contribution is -0.112. The van der Waals surface area contributed by atoms with Gasteiger partial charge in [0.2, 0.25) is 0 Å². The molecule has 3 aromatic rings. The van der Waals surface area contributed by atoms with Crippen LogP contribution in [-0.2, 0) is 11.4 Å². The van der Waals surface area contributed by atoms with E-state index in [0.717, 1.165) is 14.7 Å². The van der Waals surface area contributed by atoms with Crippen LogP contribution in [0.5, 0.6) is 11.5 Å². The van der Waals surface area contributed by atoms with E-state index in [9.17, 15) is 10.1 Å². The summed E-state index contributed by atoms with van der Waals surface area (Å²) in [5, 5.41) is 12.3. The van der Waals surface area contributed by atoms with Gasteiger partial charge in [-0.05, 0) is 76.5 Å². The van der Waals surface area contributed by atoms with E-state index in [4.69, 9.17) is 9.47 Å². The molecule has 1 amide bonds. The maximum Gasteiger partial charge on any atom is 0.266 e. The third-order valence-corrected chi connectivity index (χ3v) is 5.23. The van der Waals surface area contributed by atoms with Gasteiger partial charge in [-0.3, -0.25) is 4.79 Å². The number of hydrogen-bond donors (Lipinski definition) is 1. The Morgan fingerprint density at radius 1 is 1.13 bits per heavy atom. The number of aryl methyl sites for hydroxylation is 1. The first-order valence-corrected chi connectivity index (χ1v) is 10.6. The number of amides is 1. The van der Waals surface area contributed by atoms with E-state index in [1.807, 2.05) is 67.6 Å². The number of ether oxygens (including phenoxy) is 2. The predicted molar refractivity (Wildman–Crippen MR) is 130 cm³/mol. The second-order valence-electron chi connectivity index (χ2n) is 6.80. The number of anilines is 1. The molecule has 3 rings (SSSR count). The van der Waals surface area contributed by atoms with Crippen molar-refractivity contribution in [1.82, 2.24) is 0 Å². The summed E-state index contributed by atoms with van der Waals surface area (Å²) in [6.45, 7) is 2.34. The second-order valence-corrected chi connectivity index (χ2v) is 7.96. The summed E-state index contributed by atoms with van der Waals surface area (Å²) < 4.78 is 12.3. The third-order valence-electron chi connectivity index (χ3n) is 4.43. The molecule has 0 bridgehead atoms. The number of rotatable bonds is 7. The highest BCUT2D eigenvalue weighted by Crippen LogP contribution is 2.35. The molecule has 0 atom stereocenters. The first-order chi connectivity index (χ1) is 15.0. The monoisotopic (exact) mass is 524 g/mol. The van der Waals surface area contributed by atoms with E-state index < -0.39 is 5.91 Å². The first kappa shape index (κ1) is 22.4. The van der Waals surface area contributed by atoms with Gasteiger partial charge in [0.15, 0.2) is 11.5 Å². The lowest BCUT2D eigenvalue weighted by atomic mass is 10.1. The van der Waals surface area contributed by atoms with Crippen molar-refractivity contribution < 1.29 is 14.3 Å². The molecular weight excluding hydrogens is 503 g/mol. The van der Waals surface area contributed by atoms with Crippen LogP contribution in [0.1, 0.15) is 16.7 Å². The average molecular weight is 524 g/mol. The van der Waals surface area contributed by atoms with Crippen LogP contribution in [0.3, 0.4) is 0 Å². The zero-order valence-electron chi connectivity index (χ0n) is 17.2. The largest absolute Gasteiger partial charge is 0.493 e. The number of nitrogens with one attached hydrogen (secondary N) is 1. The maximum atomic E-state index is 12.6. The molecule has 0 saturated carbocycles. The van der Waals surface area contributed by atoms with Gasteiger partial charge < -0.3 is 14.8 Å². The Balaban J connectivity index is 1.82. The summed E-state index contributed by atoms with van der Waals surface area (Å²) in [6.07, 6.45) is 1.54. The molecule has 6 heteroatoms. The van der Waals surface area contributed by atoms with E-state index in [-0.39, 0.29) is 5.57 Å². The normalized spacial score (nSPS) is 10.8. The van der Waals surface area contributed by atoms with Crippen LogP contribution in [0.15, 0.2) is 72.3 Å². The molecular formula is C25H21IN2O3. The minimum atomic E-state index is -0.466. The molecule has 0 saturated heterocycles. The molecule has 0 aromatic heterocycles. The lowest BCUT2D eigenvalue weighted by Crippen LogP contribution is -2.13. The number of methoxy groups -OCH3 is 1. The predicted octanol–water partition coefficient (Wildman–Crippen LogP) is 5.73. The summed E-state index contributed by atoms with van der Waals surface area (Å²) >= 11 is 2.16. The van der Waals surface area contributed by atoms with Crippen molar-refractivity contribution in [2.75, 3.05) is 12.4 Å². The second kappa shape index (κ2) is 10.6. The zero-order chi connectivity index (χ0) is 22.2. The fourth-order valence-corrected chi connectivity index (χ4v) is 3.71. The van der Waals surface area contributed by atoms with Crippen molar-refractivity contribution >= 4 is 40.3 Å². The minimum Gasteiger partial charge on any atom is -0.493 e. The van der Waals surface area contributed by atoms with Crippen molar-refractivity contribution in [3.63, 3.8) is 0 Å². The van der Waals surface area contributed by atoms with Gasteiger partial charge in [0.05, 0.1) is 10.7 Å². The quantitative estimate of drug-likeness (QED) is 0.244. The summed E-state index contributed by atoms with van der Waals surface area (Å²) in [6, 6.07) is 22.8. The van der Waals surface area contributed by atoms with Gasteiger partial charge in [-0.2, -0.15) is 5.26 Å². The number of hydrogen-bond acceptors (Lipinski definition) is 4. The highest BCUT2D eigenvalue weighted by Gasteiger charge is 2.14. The number of benzene rings is 3. The van der Waals surface area contributed by atoms with Crippen LogP contribution >= 0.6 is 22.6 Å². The van der Waals surface area contributed by atoms with Crippen LogP contribution < -0.4 is 14.8 Å². The lowest BCUT2D eigenvalue weighted by Gasteiger charge is -2.14. The summed E-state index contributed by atoms with van der Waals surface area (Å²) in [5.41, 5.74) is 3.37. The van der Waals surface area contributed by atoms with E-state index in [1.54, 1.807) is 19.2 Å². The Morgan fingerprint density at radius 3 is 2.58 bits per heavy atom. The first-order valence-electron chi connectivity index (χ1n) is 9.54. The highest BCUT2D eigenvalue weighted by molar-refractivity contribution is 14.1. The third kappa shape index (κ3) is 6.09. The van der Waals surface area contributed by atoms with E-state index in [1.165, 1.54) is 6.08 Å². The van der Waals surface area contributed by atoms with Gasteiger partial charge >= 0.3 is 0 Å². The molecule has 0 radical (unpaired) electrons. The Labute approximate surface area is 195 Å². The van der Waals surface area contributed by atoms with Crippen molar-refractivity contribution in [2.45, 2.75) is 13.5 Å². The van der Waals surface area contributed by atoms with Crippen LogP contribution in [0.25, 0.3) is 6.08 Å². The Kier molecular flexibility index (Phi) is 7.68. The van der Waals surface area contributed by atoms with Crippen LogP contribution in [0, 0.1) is 21.8 Å². The van der Waals surface area contributed by atoms with E-state index in [0.29, 0.717) is 29.4 Å². The number of carbonyl (C=O) groups excluding carboxylic acids is 1. The number of nitrogens with zero attached hydrogens (tertiary/aromatic N) is 1. The topological polar surface area (TPSA) is 71.3 Å². The van der Waals surface area contributed by atoms with Crippen molar-refractivity contribution in [3.05, 3.63) is 92.6 Å². The van der Waals surface area contributed by atoms with Gasteiger partial charge in [-0.1, -0.05) is 42.5 Å². The number of nitriles is 1. The zero-order valence-corrected chi connectivity index (χ0v) is 19.3. The van der Waals surface area contributed by atoms with Gasteiger partial charge in [0.1, 0.15) is 18.2 Å². The molecule has 0 aliphatic rings. The van der Waals surface area contributed by atoms with Crippen molar-refractivity contribution in [2.24, 2.45) is 0 Å². The van der Waals surface area contributed by atoms with Crippen LogP contribution in [-0.4, -0.2) is 13.0 Å². The smallest absolute Gasteiger partial charge is 0.266 e. The van der Waals surface area contributed by atoms with Crippen LogP contribution in [0.4, 0.5) is 5.69 Å². The fourth-order valence-electron chi connectivity index (χ4n) is 2.93. The maximum absolute atomic E-state index is 12.6. The molecule has 0 fully saturated rings. The van der Waals surface area contributed by atoms with Crippen LogP contribution in [0.2, 0.25) is 0 Å². The van der Waals surface area contributed by atoms with Gasteiger partial charge in [0.25, 0.3) is 5.91 Å². The Hall–Kier alpha value is -3.31. The average Bonchev–Trinajstić information content (AvgIpc) is 2.77. The highest BCUT2D eigenvalue weighted by atomic mass is 127. The summed E-state index contributed by atoms with van der Waals surface area (Å²) in [7, 11) is 1.56. The fraction of sp³-hybridized carbons (Fsp3) is 0.120. The molecule has 3 aromatic carbocycles. The molecule has 0 spiro atoms. The number of halogens is 1. The minimum absolute atomic E-state index is 0.00249. The van der Waals surface area contributed by atoms with Gasteiger partial charge in [-0.25, -0.2) is 0 Å². The van der Waals surface area contributed by atoms with E-state index >= 15 is 0 Å². The molecule has 31 heavy (non-hydrogen) atoms. The Bertz CT molecular complexity index is 1150. The Morgan fingerprint density at radius 2 is 1.90 bits per heavy atom. The van der Waals surface area contributed by atoms with E-state index in [2.05, 4.69) is 27.9 Å². The van der Waals surface area contributed by atoms with Crippen molar-refractivity contribution in [3.8, 4) is 17.6 Å². The standard InChI is InChI=1S/C25H21IN2O3/c1-17-7-6-10-21(11-17)28-25(29)20(15-27)12-19-13-22(26)24(23(14-19)30-2)31-16-18-8-4-3-5-9-18/h3-14H,16H2,1-2H3,(H,28,29)/b20-12-.